The quantitative estimate of drug-likeness (QED) is 0.0438. The molecule has 4 rings (SSSR count). The largest absolute Gasteiger partial charge is 0.493 e. The monoisotopic (exact) mass is 1090 g/mol. The standard InChI is InChI=1S/C71H110O8/c1-19-21-57-41-69(77-37-29-53(12)13)62(45-65(57)73-33-25-49(4)5)63-47-67(75-35-27-51(8)9)59(43-71(63)79-39-31-55(16)17)23-20-22-58-42-70(78-38-30-54(14)15)61(46-66(58)74-34-26-50(6)7)60-44-64(72-32-24-48(2)3)56(18)40-68(60)76-36-28-52(10)11/h20,22,40-55H,19,21,23-39H2,1-18H3. The van der Waals surface area contributed by atoms with E-state index in [9.17, 15) is 0 Å². The molecule has 79 heavy (non-hydrogen) atoms. The molecule has 4 aromatic rings. The van der Waals surface area contributed by atoms with Crippen LogP contribution in [0, 0.1) is 54.3 Å². The first-order valence-electron chi connectivity index (χ1n) is 31.0. The molecule has 0 radical (unpaired) electrons. The zero-order valence-electron chi connectivity index (χ0n) is 53.1. The zero-order valence-corrected chi connectivity index (χ0v) is 53.1. The van der Waals surface area contributed by atoms with Crippen molar-refractivity contribution in [1.82, 2.24) is 0 Å². The lowest BCUT2D eigenvalue weighted by Gasteiger charge is -2.22. The molecule has 0 unspecified atom stereocenters. The molecule has 0 atom stereocenters. The Balaban J connectivity index is 1.99. The van der Waals surface area contributed by atoms with Crippen LogP contribution < -0.4 is 37.9 Å². The van der Waals surface area contributed by atoms with Gasteiger partial charge in [-0.2, -0.15) is 0 Å². The van der Waals surface area contributed by atoms with Gasteiger partial charge in [0.1, 0.15) is 46.0 Å². The second-order valence-corrected chi connectivity index (χ2v) is 25.5. The SMILES string of the molecule is CCCc1cc(OCCC(C)C)c(-c2cc(OCCC(C)C)c(CC=Cc3cc(OCCC(C)C)c(-c4cc(OCCC(C)C)c(C)cc4OCCC(C)C)cc3OCCC(C)C)cc2OCCC(C)C)cc1OCCC(C)C. The van der Waals surface area contributed by atoms with Crippen molar-refractivity contribution >= 4 is 6.08 Å². The Morgan fingerprint density at radius 1 is 0.316 bits per heavy atom. The predicted molar refractivity (Wildman–Crippen MR) is 335 cm³/mol. The molecule has 4 aromatic carbocycles. The molecule has 0 aromatic heterocycles. The second kappa shape index (κ2) is 35.0. The van der Waals surface area contributed by atoms with Crippen molar-refractivity contribution in [2.24, 2.45) is 47.3 Å². The molecule has 0 aliphatic carbocycles. The van der Waals surface area contributed by atoms with Crippen molar-refractivity contribution < 1.29 is 37.9 Å². The lowest BCUT2D eigenvalue weighted by molar-refractivity contribution is 0.277. The van der Waals surface area contributed by atoms with Crippen LogP contribution in [0.4, 0.5) is 0 Å². The van der Waals surface area contributed by atoms with Crippen molar-refractivity contribution in [3.63, 3.8) is 0 Å². The van der Waals surface area contributed by atoms with Gasteiger partial charge in [0.15, 0.2) is 0 Å². The molecule has 0 amide bonds. The maximum absolute atomic E-state index is 6.90. The normalized spacial score (nSPS) is 12.0. The number of allylic oxidation sites excluding steroid dienone is 1. The molecular formula is C71H110O8. The average Bonchev–Trinajstić information content (AvgIpc) is 3.40. The van der Waals surface area contributed by atoms with Crippen molar-refractivity contribution in [1.29, 1.82) is 0 Å². The average molecular weight is 1090 g/mol. The van der Waals surface area contributed by atoms with E-state index in [4.69, 9.17) is 37.9 Å². The van der Waals surface area contributed by atoms with Crippen LogP contribution in [0.1, 0.15) is 198 Å². The molecule has 0 saturated heterocycles. The van der Waals surface area contributed by atoms with Gasteiger partial charge in [-0.25, -0.2) is 0 Å². The van der Waals surface area contributed by atoms with Gasteiger partial charge >= 0.3 is 0 Å². The molecular weight excluding hydrogens is 981 g/mol. The van der Waals surface area contributed by atoms with Gasteiger partial charge in [0.2, 0.25) is 0 Å². The van der Waals surface area contributed by atoms with E-state index in [1.165, 1.54) is 5.56 Å². The summed E-state index contributed by atoms with van der Waals surface area (Å²) >= 11 is 0. The Morgan fingerprint density at radius 2 is 0.595 bits per heavy atom. The van der Waals surface area contributed by atoms with Crippen LogP contribution in [0.25, 0.3) is 28.3 Å². The van der Waals surface area contributed by atoms with Gasteiger partial charge in [0, 0.05) is 33.4 Å². The predicted octanol–water partition coefficient (Wildman–Crippen LogP) is 19.9. The zero-order chi connectivity index (χ0) is 58.0. The highest BCUT2D eigenvalue weighted by Crippen LogP contribution is 2.46. The summed E-state index contributed by atoms with van der Waals surface area (Å²) in [5, 5.41) is 0. The van der Waals surface area contributed by atoms with Gasteiger partial charge in [-0.05, 0) is 178 Å². The second-order valence-electron chi connectivity index (χ2n) is 25.5. The first-order chi connectivity index (χ1) is 37.6. The highest BCUT2D eigenvalue weighted by molar-refractivity contribution is 5.82. The van der Waals surface area contributed by atoms with Gasteiger partial charge in [0.25, 0.3) is 0 Å². The van der Waals surface area contributed by atoms with Crippen LogP contribution in [0.15, 0.2) is 54.6 Å². The van der Waals surface area contributed by atoms with E-state index < -0.39 is 0 Å². The molecule has 8 nitrogen and oxygen atoms in total. The molecule has 442 valence electrons. The molecule has 8 heteroatoms. The Bertz CT molecular complexity index is 2410. The van der Waals surface area contributed by atoms with E-state index in [0.717, 1.165) is 149 Å². The molecule has 0 N–H and O–H groups in total. The smallest absolute Gasteiger partial charge is 0.128 e. The lowest BCUT2D eigenvalue weighted by atomic mass is 9.96. The summed E-state index contributed by atoms with van der Waals surface area (Å²) in [6, 6.07) is 17.5. The van der Waals surface area contributed by atoms with Crippen LogP contribution >= 0.6 is 0 Å². The number of benzene rings is 4. The Morgan fingerprint density at radius 3 is 0.962 bits per heavy atom. The van der Waals surface area contributed by atoms with Crippen LogP contribution in [-0.4, -0.2) is 52.9 Å². The van der Waals surface area contributed by atoms with Crippen LogP contribution in [0.3, 0.4) is 0 Å². The summed E-state index contributed by atoms with van der Waals surface area (Å²) in [4.78, 5) is 0. The third-order valence-electron chi connectivity index (χ3n) is 14.1. The van der Waals surface area contributed by atoms with Crippen LogP contribution in [-0.2, 0) is 12.8 Å². The van der Waals surface area contributed by atoms with E-state index in [-0.39, 0.29) is 0 Å². The van der Waals surface area contributed by atoms with Gasteiger partial charge in [0.05, 0.1) is 52.9 Å². The third kappa shape index (κ3) is 23.9. The minimum Gasteiger partial charge on any atom is -0.493 e. The van der Waals surface area contributed by atoms with Gasteiger partial charge in [-0.3, -0.25) is 0 Å². The number of hydrogen-bond donors (Lipinski definition) is 0. The minimum atomic E-state index is 0.480. The maximum atomic E-state index is 6.90. The van der Waals surface area contributed by atoms with Gasteiger partial charge in [-0.15, -0.1) is 0 Å². The van der Waals surface area contributed by atoms with E-state index in [0.29, 0.717) is 107 Å². The van der Waals surface area contributed by atoms with Crippen LogP contribution in [0.5, 0.6) is 46.0 Å². The summed E-state index contributed by atoms with van der Waals surface area (Å²) < 4.78 is 54.1. The fourth-order valence-corrected chi connectivity index (χ4v) is 8.61. The maximum Gasteiger partial charge on any atom is 0.128 e. The molecule has 0 aliphatic heterocycles. The van der Waals surface area contributed by atoms with E-state index in [2.05, 4.69) is 185 Å². The van der Waals surface area contributed by atoms with Crippen molar-refractivity contribution in [3.05, 3.63) is 76.9 Å². The first-order valence-corrected chi connectivity index (χ1v) is 31.0. The Hall–Kier alpha value is -4.98. The Labute approximate surface area is 482 Å². The van der Waals surface area contributed by atoms with E-state index in [1.54, 1.807) is 0 Å². The molecule has 0 aliphatic rings. The van der Waals surface area contributed by atoms with E-state index >= 15 is 0 Å². The fraction of sp³-hybridized carbons (Fsp3) is 0.634. The summed E-state index contributed by atoms with van der Waals surface area (Å²) in [5.41, 5.74) is 7.99. The lowest BCUT2D eigenvalue weighted by Crippen LogP contribution is -2.08. The topological polar surface area (TPSA) is 73.8 Å². The molecule has 0 heterocycles. The summed E-state index contributed by atoms with van der Waals surface area (Å²) in [5.74, 6) is 10.7. The van der Waals surface area contributed by atoms with Crippen LogP contribution in [0.2, 0.25) is 0 Å². The van der Waals surface area contributed by atoms with Crippen molar-refractivity contribution in [2.45, 2.75) is 195 Å². The molecule has 0 saturated carbocycles. The highest BCUT2D eigenvalue weighted by atomic mass is 16.5. The van der Waals surface area contributed by atoms with Gasteiger partial charge < -0.3 is 37.9 Å². The van der Waals surface area contributed by atoms with E-state index in [1.807, 2.05) is 0 Å². The fourth-order valence-electron chi connectivity index (χ4n) is 8.61. The van der Waals surface area contributed by atoms with Crippen molar-refractivity contribution in [2.75, 3.05) is 52.9 Å². The number of aryl methyl sites for hydroxylation is 2. The number of rotatable bonds is 39. The highest BCUT2D eigenvalue weighted by Gasteiger charge is 2.23. The first kappa shape index (κ1) is 66.5. The summed E-state index contributed by atoms with van der Waals surface area (Å²) in [6.45, 7) is 45.1. The summed E-state index contributed by atoms with van der Waals surface area (Å²) in [6.07, 6.45) is 14.5. The number of ether oxygens (including phenoxy) is 8. The summed E-state index contributed by atoms with van der Waals surface area (Å²) in [7, 11) is 0. The molecule has 0 bridgehead atoms. The Kier molecular flexibility index (Phi) is 29.5. The molecule has 0 spiro atoms. The third-order valence-corrected chi connectivity index (χ3v) is 14.1. The van der Waals surface area contributed by atoms with Crippen molar-refractivity contribution in [3.8, 4) is 68.2 Å². The minimum absolute atomic E-state index is 0.480. The molecule has 0 fully saturated rings. The number of hydrogen-bond acceptors (Lipinski definition) is 8. The van der Waals surface area contributed by atoms with Gasteiger partial charge in [-0.1, -0.05) is 136 Å².